The lowest BCUT2D eigenvalue weighted by atomic mass is 10.2. The Morgan fingerprint density at radius 3 is 2.08 bits per heavy atom. The quantitative estimate of drug-likeness (QED) is 0.339. The van der Waals surface area contributed by atoms with Crippen LogP contribution in [0, 0.1) is 5.92 Å². The van der Waals surface area contributed by atoms with Gasteiger partial charge in [0.15, 0.2) is 0 Å². The summed E-state index contributed by atoms with van der Waals surface area (Å²) in [4.78, 5) is 47.3. The molecule has 0 spiro atoms. The fraction of sp³-hybridized carbons (Fsp3) is 0.750. The number of ether oxygens (including phenoxy) is 3. The first kappa shape index (κ1) is 24.6. The van der Waals surface area contributed by atoms with Crippen LogP contribution in [0.1, 0.15) is 41.5 Å². The molecule has 150 valence electrons. The van der Waals surface area contributed by atoms with Crippen LogP contribution in [0.3, 0.4) is 0 Å². The van der Waals surface area contributed by atoms with E-state index in [9.17, 15) is 19.2 Å². The summed E-state index contributed by atoms with van der Waals surface area (Å²) >= 11 is 4.64. The second kappa shape index (κ2) is 11.3. The molecule has 0 radical (unpaired) electrons. The minimum atomic E-state index is -1.22. The van der Waals surface area contributed by atoms with Crippen LogP contribution < -0.4 is 5.32 Å². The Kier molecular flexibility index (Phi) is 10.7. The van der Waals surface area contributed by atoms with Crippen LogP contribution in [0.15, 0.2) is 0 Å². The lowest BCUT2D eigenvalue weighted by Crippen LogP contribution is -2.50. The second-order valence-corrected chi connectivity index (χ2v) is 8.36. The van der Waals surface area contributed by atoms with Crippen LogP contribution in [0.4, 0.5) is 4.79 Å². The molecule has 26 heavy (non-hydrogen) atoms. The fourth-order valence-corrected chi connectivity index (χ4v) is 2.33. The van der Waals surface area contributed by atoms with Gasteiger partial charge in [0, 0.05) is 5.75 Å². The topological polar surface area (TPSA) is 108 Å². The zero-order valence-corrected chi connectivity index (χ0v) is 17.6. The van der Waals surface area contributed by atoms with Crippen LogP contribution in [0.25, 0.3) is 0 Å². The summed E-state index contributed by atoms with van der Waals surface area (Å²) in [5, 5.41) is 1.72. The molecule has 1 amide bonds. The zero-order valence-electron chi connectivity index (χ0n) is 15.9. The SMILES string of the molecule is CC(C)OC(=O)[C@H](CS)NC(=O)C(C)(C)SC(=O)OCOC(=O)C(C)C. The number of amides is 1. The van der Waals surface area contributed by atoms with Crippen LogP contribution in [0.2, 0.25) is 0 Å². The molecule has 1 N–H and O–H groups in total. The van der Waals surface area contributed by atoms with Crippen molar-refractivity contribution < 1.29 is 33.4 Å². The summed E-state index contributed by atoms with van der Waals surface area (Å²) in [6, 6.07) is -0.934. The van der Waals surface area contributed by atoms with Crippen molar-refractivity contribution in [2.45, 2.75) is 58.4 Å². The van der Waals surface area contributed by atoms with Gasteiger partial charge in [-0.2, -0.15) is 12.6 Å². The van der Waals surface area contributed by atoms with Crippen molar-refractivity contribution in [1.29, 1.82) is 0 Å². The molecule has 0 aromatic rings. The molecule has 8 nitrogen and oxygen atoms in total. The number of esters is 2. The molecule has 0 saturated carbocycles. The first-order valence-corrected chi connectivity index (χ1v) is 9.50. The highest BCUT2D eigenvalue weighted by molar-refractivity contribution is 8.15. The summed E-state index contributed by atoms with van der Waals surface area (Å²) in [6.07, 6.45) is -0.326. The molecule has 0 aromatic heterocycles. The highest BCUT2D eigenvalue weighted by Crippen LogP contribution is 2.26. The van der Waals surface area contributed by atoms with Gasteiger partial charge >= 0.3 is 17.2 Å². The molecule has 1 atom stereocenters. The van der Waals surface area contributed by atoms with Gasteiger partial charge < -0.3 is 19.5 Å². The Bertz CT molecular complexity index is 521. The van der Waals surface area contributed by atoms with Crippen LogP contribution in [-0.4, -0.2) is 52.6 Å². The predicted octanol–water partition coefficient (Wildman–Crippen LogP) is 2.16. The van der Waals surface area contributed by atoms with Crippen molar-refractivity contribution in [3.63, 3.8) is 0 Å². The summed E-state index contributed by atoms with van der Waals surface area (Å²) in [7, 11) is 0. The van der Waals surface area contributed by atoms with E-state index in [0.29, 0.717) is 11.8 Å². The first-order chi connectivity index (χ1) is 11.9. The number of thioether (sulfide) groups is 1. The van der Waals surface area contributed by atoms with E-state index in [1.54, 1.807) is 27.7 Å². The van der Waals surface area contributed by atoms with Crippen molar-refractivity contribution in [3.05, 3.63) is 0 Å². The number of hydrogen-bond acceptors (Lipinski definition) is 9. The van der Waals surface area contributed by atoms with E-state index in [2.05, 4.69) is 17.9 Å². The maximum atomic E-state index is 12.4. The van der Waals surface area contributed by atoms with Crippen LogP contribution in [-0.2, 0) is 28.6 Å². The predicted molar refractivity (Wildman–Crippen MR) is 101 cm³/mol. The molecule has 0 bridgehead atoms. The normalized spacial score (nSPS) is 12.5. The van der Waals surface area contributed by atoms with Gasteiger partial charge in [-0.05, 0) is 39.5 Å². The number of rotatable bonds is 9. The van der Waals surface area contributed by atoms with E-state index in [4.69, 9.17) is 14.2 Å². The van der Waals surface area contributed by atoms with Crippen molar-refractivity contribution in [1.82, 2.24) is 5.32 Å². The highest BCUT2D eigenvalue weighted by atomic mass is 32.2. The molecule has 0 aliphatic heterocycles. The van der Waals surface area contributed by atoms with E-state index in [1.807, 2.05) is 0 Å². The fourth-order valence-electron chi connectivity index (χ4n) is 1.41. The largest absolute Gasteiger partial charge is 0.461 e. The van der Waals surface area contributed by atoms with Gasteiger partial charge in [0.05, 0.1) is 16.8 Å². The first-order valence-electron chi connectivity index (χ1n) is 8.05. The Hall–Kier alpha value is -1.42. The van der Waals surface area contributed by atoms with Crippen molar-refractivity contribution in [3.8, 4) is 0 Å². The third kappa shape index (κ3) is 9.33. The van der Waals surface area contributed by atoms with E-state index in [1.165, 1.54) is 13.8 Å². The number of carbonyl (C=O) groups excluding carboxylic acids is 4. The summed E-state index contributed by atoms with van der Waals surface area (Å²) in [5.74, 6) is -1.95. The molecule has 0 heterocycles. The number of nitrogens with one attached hydrogen (secondary N) is 1. The smallest absolute Gasteiger partial charge is 0.371 e. The number of carbonyl (C=O) groups is 4. The van der Waals surface area contributed by atoms with Gasteiger partial charge in [0.1, 0.15) is 6.04 Å². The van der Waals surface area contributed by atoms with Crippen molar-refractivity contribution in [2.75, 3.05) is 12.5 Å². The summed E-state index contributed by atoms with van der Waals surface area (Å²) in [5.41, 5.74) is 0. The second-order valence-electron chi connectivity index (χ2n) is 6.44. The van der Waals surface area contributed by atoms with Gasteiger partial charge in [0.25, 0.3) is 0 Å². The monoisotopic (exact) mass is 409 g/mol. The minimum absolute atomic E-state index is 0.0492. The molecule has 0 aromatic carbocycles. The molecule has 0 saturated heterocycles. The van der Waals surface area contributed by atoms with Gasteiger partial charge in [0.2, 0.25) is 12.7 Å². The van der Waals surface area contributed by atoms with E-state index >= 15 is 0 Å². The Morgan fingerprint density at radius 2 is 1.62 bits per heavy atom. The van der Waals surface area contributed by atoms with Crippen LogP contribution >= 0.6 is 24.4 Å². The molecular weight excluding hydrogens is 382 g/mol. The van der Waals surface area contributed by atoms with E-state index in [0.717, 1.165) is 0 Å². The van der Waals surface area contributed by atoms with E-state index in [-0.39, 0.29) is 17.8 Å². The molecule has 0 rings (SSSR count). The van der Waals surface area contributed by atoms with Crippen LogP contribution in [0.5, 0.6) is 0 Å². The third-order valence-electron chi connectivity index (χ3n) is 2.86. The Morgan fingerprint density at radius 1 is 1.04 bits per heavy atom. The standard InChI is InChI=1S/C16H27NO7S2/c1-9(2)12(18)22-8-23-15(21)26-16(5,6)14(20)17-11(7-25)13(19)24-10(3)4/h9-11,25H,7-8H2,1-6H3,(H,17,20)/t11-/m0/s1. The maximum absolute atomic E-state index is 12.4. The van der Waals surface area contributed by atoms with Gasteiger partial charge in [-0.15, -0.1) is 0 Å². The number of thiol groups is 1. The van der Waals surface area contributed by atoms with Gasteiger partial charge in [-0.1, -0.05) is 13.8 Å². The maximum Gasteiger partial charge on any atom is 0.371 e. The average Bonchev–Trinajstić information content (AvgIpc) is 2.50. The molecule has 10 heteroatoms. The summed E-state index contributed by atoms with van der Waals surface area (Å²) < 4.78 is 13.3. The molecule has 0 aliphatic carbocycles. The minimum Gasteiger partial charge on any atom is -0.461 e. The third-order valence-corrected chi connectivity index (χ3v) is 4.20. The zero-order chi connectivity index (χ0) is 20.5. The molecular formula is C16H27NO7S2. The highest BCUT2D eigenvalue weighted by Gasteiger charge is 2.35. The Labute approximate surface area is 163 Å². The van der Waals surface area contributed by atoms with E-state index < -0.39 is 40.7 Å². The van der Waals surface area contributed by atoms with Crippen molar-refractivity contribution in [2.24, 2.45) is 5.92 Å². The van der Waals surface area contributed by atoms with Crippen molar-refractivity contribution >= 4 is 47.5 Å². The lowest BCUT2D eigenvalue weighted by Gasteiger charge is -2.25. The lowest BCUT2D eigenvalue weighted by molar-refractivity contribution is -0.155. The number of hydrogen-bond donors (Lipinski definition) is 2. The average molecular weight is 410 g/mol. The molecule has 0 unspecified atom stereocenters. The molecule has 0 aliphatic rings. The van der Waals surface area contributed by atoms with Gasteiger partial charge in [-0.3, -0.25) is 9.59 Å². The Balaban J connectivity index is 4.58. The summed E-state index contributed by atoms with van der Waals surface area (Å²) in [6.45, 7) is 9.15. The van der Waals surface area contributed by atoms with Gasteiger partial charge in [-0.25, -0.2) is 9.59 Å². The molecule has 0 fully saturated rings.